The molecule has 2 aromatic heterocycles. The maximum absolute atomic E-state index is 12.9. The van der Waals surface area contributed by atoms with E-state index in [0.717, 1.165) is 0 Å². The van der Waals surface area contributed by atoms with E-state index in [4.69, 9.17) is 14.6 Å². The third kappa shape index (κ3) is 5.62. The first-order valence-corrected chi connectivity index (χ1v) is 14.5. The predicted molar refractivity (Wildman–Crippen MR) is 150 cm³/mol. The van der Waals surface area contributed by atoms with Crippen molar-refractivity contribution in [3.05, 3.63) is 46.9 Å². The molecule has 2 atom stereocenters. The van der Waals surface area contributed by atoms with Crippen LogP contribution in [0.2, 0.25) is 0 Å². The van der Waals surface area contributed by atoms with Crippen molar-refractivity contribution in [1.29, 1.82) is 5.26 Å². The average Bonchev–Trinajstić information content (AvgIpc) is 3.23. The fourth-order valence-corrected chi connectivity index (χ4v) is 5.83. The van der Waals surface area contributed by atoms with Gasteiger partial charge in [0.2, 0.25) is 0 Å². The van der Waals surface area contributed by atoms with Gasteiger partial charge in [-0.05, 0) is 84.7 Å². The molecule has 0 aliphatic carbocycles. The number of sulfone groups is 1. The number of esters is 1. The van der Waals surface area contributed by atoms with Crippen molar-refractivity contribution < 1.29 is 22.7 Å². The highest BCUT2D eigenvalue weighted by Gasteiger charge is 2.43. The molecule has 12 heteroatoms. The summed E-state index contributed by atoms with van der Waals surface area (Å²) in [7, 11) is -3.53. The van der Waals surface area contributed by atoms with E-state index in [1.165, 1.54) is 18.3 Å². The summed E-state index contributed by atoms with van der Waals surface area (Å²) in [5.74, 6) is -0.214. The van der Waals surface area contributed by atoms with Crippen LogP contribution in [0.25, 0.3) is 10.9 Å². The highest BCUT2D eigenvalue weighted by atomic mass is 32.2. The number of benzene rings is 1. The van der Waals surface area contributed by atoms with Gasteiger partial charge in [-0.3, -0.25) is 9.48 Å². The Kier molecular flexibility index (Phi) is 7.60. The molecule has 4 rings (SSSR count). The molecule has 214 valence electrons. The highest BCUT2D eigenvalue weighted by molar-refractivity contribution is 7.92. The largest absolute Gasteiger partial charge is 0.458 e. The minimum atomic E-state index is -3.53. The summed E-state index contributed by atoms with van der Waals surface area (Å²) in [5, 5.41) is 17.8. The Labute approximate surface area is 233 Å². The van der Waals surface area contributed by atoms with E-state index < -0.39 is 37.8 Å². The Morgan fingerprint density at radius 3 is 2.45 bits per heavy atom. The summed E-state index contributed by atoms with van der Waals surface area (Å²) in [5.41, 5.74) is -0.941. The fourth-order valence-electron chi connectivity index (χ4n) is 4.63. The summed E-state index contributed by atoms with van der Waals surface area (Å²) >= 11 is 0. The number of carbonyl (C=O) groups excluding carboxylic acids is 1. The van der Waals surface area contributed by atoms with Crippen LogP contribution in [-0.4, -0.2) is 52.2 Å². The second kappa shape index (κ2) is 10.4. The average molecular weight is 570 g/mol. The molecule has 40 heavy (non-hydrogen) atoms. The number of fused-ring (bicyclic) bond motifs is 1. The molecular formula is C28H35N5O6S. The minimum Gasteiger partial charge on any atom is -0.458 e. The van der Waals surface area contributed by atoms with Crippen molar-refractivity contribution in [3.8, 4) is 6.07 Å². The van der Waals surface area contributed by atoms with Gasteiger partial charge in [0.05, 0.1) is 39.8 Å². The molecule has 3 aromatic rings. The number of carbonyl (C=O) groups is 1. The standard InChI is InChI=1S/C28H35N5O6S/c1-26(2,3)39-25(35)21-11-13-28(14-15-29,17-38-21)33-20-12-16-30-24(34)22(20)23(32-33)31-18-7-9-19(10-8-18)40(36,37)27(4,5)6/h7-10,12,16,21H,11,13-14,17H2,1-6H3,(H,30,34)(H,31,32)/t21-,28-/m0/s1. The smallest absolute Gasteiger partial charge is 0.335 e. The van der Waals surface area contributed by atoms with Crippen LogP contribution in [0.5, 0.6) is 0 Å². The zero-order valence-electron chi connectivity index (χ0n) is 23.6. The molecule has 3 heterocycles. The number of anilines is 2. The van der Waals surface area contributed by atoms with Crippen LogP contribution in [0.15, 0.2) is 46.2 Å². The predicted octanol–water partition coefficient (Wildman–Crippen LogP) is 4.17. The lowest BCUT2D eigenvalue weighted by Crippen LogP contribution is -2.47. The van der Waals surface area contributed by atoms with E-state index in [0.29, 0.717) is 24.0 Å². The number of ether oxygens (including phenoxy) is 2. The van der Waals surface area contributed by atoms with Crippen LogP contribution in [0.4, 0.5) is 11.5 Å². The quantitative estimate of drug-likeness (QED) is 0.416. The number of H-pyrrole nitrogens is 1. The third-order valence-corrected chi connectivity index (χ3v) is 9.29. The molecule has 1 aromatic carbocycles. The van der Waals surface area contributed by atoms with Gasteiger partial charge in [0.15, 0.2) is 21.8 Å². The van der Waals surface area contributed by atoms with E-state index >= 15 is 0 Å². The molecule has 0 saturated carbocycles. The maximum Gasteiger partial charge on any atom is 0.335 e. The van der Waals surface area contributed by atoms with Crippen molar-refractivity contribution >= 4 is 38.2 Å². The number of hydrogen-bond acceptors (Lipinski definition) is 9. The molecule has 2 N–H and O–H groups in total. The number of nitriles is 1. The Morgan fingerprint density at radius 1 is 1.23 bits per heavy atom. The minimum absolute atomic E-state index is 0.0207. The van der Waals surface area contributed by atoms with Gasteiger partial charge in [-0.2, -0.15) is 10.4 Å². The first-order chi connectivity index (χ1) is 18.6. The molecule has 1 saturated heterocycles. The number of rotatable bonds is 6. The summed E-state index contributed by atoms with van der Waals surface area (Å²) in [6.07, 6.45) is 1.49. The zero-order valence-corrected chi connectivity index (χ0v) is 24.4. The molecule has 0 spiro atoms. The van der Waals surface area contributed by atoms with Crippen LogP contribution < -0.4 is 10.9 Å². The second-order valence-corrected chi connectivity index (χ2v) is 14.7. The molecule has 0 unspecified atom stereocenters. The molecule has 11 nitrogen and oxygen atoms in total. The Morgan fingerprint density at radius 2 is 1.90 bits per heavy atom. The third-order valence-electron chi connectivity index (χ3n) is 6.79. The number of nitrogens with zero attached hydrogens (tertiary/aromatic N) is 3. The molecule has 0 radical (unpaired) electrons. The van der Waals surface area contributed by atoms with Crippen molar-refractivity contribution in [2.75, 3.05) is 11.9 Å². The molecule has 0 bridgehead atoms. The van der Waals surface area contributed by atoms with Crippen LogP contribution in [0.3, 0.4) is 0 Å². The van der Waals surface area contributed by atoms with Gasteiger partial charge in [0.25, 0.3) is 5.56 Å². The van der Waals surface area contributed by atoms with Gasteiger partial charge in [0.1, 0.15) is 11.0 Å². The second-order valence-electron chi connectivity index (χ2n) is 12.0. The van der Waals surface area contributed by atoms with E-state index in [1.54, 1.807) is 64.4 Å². The van der Waals surface area contributed by atoms with Gasteiger partial charge < -0.3 is 19.8 Å². The summed E-state index contributed by atoms with van der Waals surface area (Å²) in [6.45, 7) is 10.3. The summed E-state index contributed by atoms with van der Waals surface area (Å²) in [6, 6.07) is 10.2. The van der Waals surface area contributed by atoms with Crippen molar-refractivity contribution in [2.45, 2.75) is 87.7 Å². The summed E-state index contributed by atoms with van der Waals surface area (Å²) < 4.78 is 37.7. The lowest BCUT2D eigenvalue weighted by molar-refractivity contribution is -0.176. The molecular weight excluding hydrogens is 534 g/mol. The van der Waals surface area contributed by atoms with Crippen LogP contribution in [0, 0.1) is 11.3 Å². The van der Waals surface area contributed by atoms with E-state index in [1.807, 2.05) is 0 Å². The van der Waals surface area contributed by atoms with Gasteiger partial charge in [0, 0.05) is 11.9 Å². The van der Waals surface area contributed by atoms with Crippen LogP contribution in [-0.2, 0) is 29.6 Å². The molecule has 1 aliphatic heterocycles. The Hall–Kier alpha value is -3.69. The maximum atomic E-state index is 12.9. The van der Waals surface area contributed by atoms with E-state index in [-0.39, 0.29) is 34.7 Å². The van der Waals surface area contributed by atoms with Crippen LogP contribution >= 0.6 is 0 Å². The zero-order chi connectivity index (χ0) is 29.5. The number of aromatic amines is 1. The lowest BCUT2D eigenvalue weighted by Gasteiger charge is -2.39. The Bertz CT molecular complexity index is 1610. The number of aromatic nitrogens is 3. The van der Waals surface area contributed by atoms with E-state index in [2.05, 4.69) is 16.4 Å². The highest BCUT2D eigenvalue weighted by Crippen LogP contribution is 2.37. The first-order valence-electron chi connectivity index (χ1n) is 13.0. The lowest BCUT2D eigenvalue weighted by atomic mass is 9.87. The first kappa shape index (κ1) is 29.3. The fraction of sp³-hybridized carbons (Fsp3) is 0.500. The molecule has 0 amide bonds. The van der Waals surface area contributed by atoms with Gasteiger partial charge >= 0.3 is 5.97 Å². The molecule has 1 aliphatic rings. The van der Waals surface area contributed by atoms with Crippen molar-refractivity contribution in [3.63, 3.8) is 0 Å². The van der Waals surface area contributed by atoms with E-state index in [9.17, 15) is 23.3 Å². The topological polar surface area (TPSA) is 156 Å². The van der Waals surface area contributed by atoms with Crippen molar-refractivity contribution in [1.82, 2.24) is 14.8 Å². The van der Waals surface area contributed by atoms with Gasteiger partial charge in [-0.1, -0.05) is 0 Å². The Balaban J connectivity index is 1.69. The van der Waals surface area contributed by atoms with Crippen LogP contribution in [0.1, 0.15) is 60.8 Å². The molecule has 1 fully saturated rings. The number of nitrogens with one attached hydrogen (secondary N) is 2. The van der Waals surface area contributed by atoms with Gasteiger partial charge in [-0.15, -0.1) is 0 Å². The van der Waals surface area contributed by atoms with Crippen molar-refractivity contribution in [2.24, 2.45) is 0 Å². The summed E-state index contributed by atoms with van der Waals surface area (Å²) in [4.78, 5) is 28.4. The SMILES string of the molecule is CC(C)(C)OC(=O)[C@@H]1CC[C@@](CC#N)(n2nc(Nc3ccc(S(=O)(=O)C(C)(C)C)cc3)c3c(=O)[nH]ccc32)CO1. The monoisotopic (exact) mass is 569 g/mol. The number of hydrogen-bond donors (Lipinski definition) is 2. The normalized spacial score (nSPS) is 20.2. The number of pyridine rings is 1. The van der Waals surface area contributed by atoms with Gasteiger partial charge in [-0.25, -0.2) is 13.2 Å².